The maximum atomic E-state index is 13.2. The second kappa shape index (κ2) is 5.79. The molecule has 0 aliphatic heterocycles. The summed E-state index contributed by atoms with van der Waals surface area (Å²) in [7, 11) is 0. The Labute approximate surface area is 110 Å². The van der Waals surface area contributed by atoms with Crippen LogP contribution in [0.2, 0.25) is 0 Å². The van der Waals surface area contributed by atoms with Crippen LogP contribution in [-0.4, -0.2) is 16.2 Å². The van der Waals surface area contributed by atoms with Crippen LogP contribution >= 0.6 is 0 Å². The van der Waals surface area contributed by atoms with E-state index in [9.17, 15) is 4.39 Å². The first-order valence-electron chi connectivity index (χ1n) is 6.00. The van der Waals surface area contributed by atoms with E-state index in [-0.39, 0.29) is 18.5 Å². The summed E-state index contributed by atoms with van der Waals surface area (Å²) in [6.07, 6.45) is 0.538. The molecular weight excluding hydrogens is 249 g/mol. The lowest BCUT2D eigenvalue weighted by Gasteiger charge is -2.12. The molecule has 0 radical (unpaired) electrons. The second-order valence-corrected chi connectivity index (χ2v) is 4.46. The highest BCUT2D eigenvalue weighted by atomic mass is 19.1. The number of aromatic nitrogens is 2. The Morgan fingerprint density at radius 1 is 1.47 bits per heavy atom. The minimum absolute atomic E-state index is 0.0743. The van der Waals surface area contributed by atoms with Gasteiger partial charge in [-0.3, -0.25) is 0 Å². The van der Waals surface area contributed by atoms with E-state index >= 15 is 0 Å². The zero-order valence-corrected chi connectivity index (χ0v) is 10.9. The first-order chi connectivity index (χ1) is 9.04. The van der Waals surface area contributed by atoms with Gasteiger partial charge < -0.3 is 15.0 Å². The van der Waals surface area contributed by atoms with Crippen LogP contribution in [-0.2, 0) is 13.0 Å². The number of nitrogens with two attached hydrogens (primary N) is 1. The van der Waals surface area contributed by atoms with Gasteiger partial charge in [0.05, 0.1) is 0 Å². The third-order valence-corrected chi connectivity index (χ3v) is 2.49. The quantitative estimate of drug-likeness (QED) is 0.894. The van der Waals surface area contributed by atoms with Crippen LogP contribution in [0.15, 0.2) is 22.7 Å². The number of hydrogen-bond donors (Lipinski definition) is 1. The molecule has 1 aromatic carbocycles. The fourth-order valence-corrected chi connectivity index (χ4v) is 1.73. The van der Waals surface area contributed by atoms with E-state index in [0.717, 1.165) is 5.56 Å². The summed E-state index contributed by atoms with van der Waals surface area (Å²) >= 11 is 0. The van der Waals surface area contributed by atoms with Crippen molar-refractivity contribution in [2.45, 2.75) is 32.9 Å². The third-order valence-electron chi connectivity index (χ3n) is 2.49. The Kier molecular flexibility index (Phi) is 4.11. The summed E-state index contributed by atoms with van der Waals surface area (Å²) in [6, 6.07) is 4.28. The van der Waals surface area contributed by atoms with Crippen molar-refractivity contribution in [3.8, 4) is 5.75 Å². The van der Waals surface area contributed by atoms with Crippen molar-refractivity contribution < 1.29 is 13.7 Å². The molecule has 0 spiro atoms. The highest BCUT2D eigenvalue weighted by molar-refractivity contribution is 5.34. The molecule has 0 amide bonds. The summed E-state index contributed by atoms with van der Waals surface area (Å²) in [5.41, 5.74) is 6.46. The average molecular weight is 265 g/mol. The molecule has 0 bridgehead atoms. The molecule has 2 N–H and O–H groups in total. The van der Waals surface area contributed by atoms with Crippen molar-refractivity contribution >= 4 is 0 Å². The standard InChI is InChI=1S/C13H16FN3O2/c1-8(15)5-10-6-11(14)3-4-12(10)18-7-13-16-9(2)17-19-13/h3-4,6,8H,5,7,15H2,1-2H3. The zero-order chi connectivity index (χ0) is 13.8. The predicted molar refractivity (Wildman–Crippen MR) is 67.1 cm³/mol. The minimum atomic E-state index is -0.309. The number of nitrogens with zero attached hydrogens (tertiary/aromatic N) is 2. The highest BCUT2D eigenvalue weighted by Gasteiger charge is 2.10. The number of benzene rings is 1. The van der Waals surface area contributed by atoms with Crippen molar-refractivity contribution in [3.05, 3.63) is 41.3 Å². The van der Waals surface area contributed by atoms with Crippen LogP contribution in [0.3, 0.4) is 0 Å². The lowest BCUT2D eigenvalue weighted by molar-refractivity contribution is 0.240. The van der Waals surface area contributed by atoms with Crippen LogP contribution in [0.1, 0.15) is 24.2 Å². The number of ether oxygens (including phenoxy) is 1. The normalized spacial score (nSPS) is 12.4. The molecule has 0 saturated carbocycles. The van der Waals surface area contributed by atoms with Crippen molar-refractivity contribution in [1.29, 1.82) is 0 Å². The Balaban J connectivity index is 2.10. The molecule has 2 aromatic rings. The van der Waals surface area contributed by atoms with Gasteiger partial charge in [-0.2, -0.15) is 4.98 Å². The average Bonchev–Trinajstić information content (AvgIpc) is 2.73. The molecule has 2 rings (SSSR count). The van der Waals surface area contributed by atoms with Gasteiger partial charge in [0, 0.05) is 6.04 Å². The summed E-state index contributed by atoms with van der Waals surface area (Å²) < 4.78 is 23.7. The van der Waals surface area contributed by atoms with E-state index in [1.165, 1.54) is 12.1 Å². The molecule has 5 nitrogen and oxygen atoms in total. The van der Waals surface area contributed by atoms with Gasteiger partial charge in [0.15, 0.2) is 12.4 Å². The Morgan fingerprint density at radius 3 is 2.89 bits per heavy atom. The van der Waals surface area contributed by atoms with Gasteiger partial charge in [0.2, 0.25) is 0 Å². The van der Waals surface area contributed by atoms with Crippen molar-refractivity contribution in [3.63, 3.8) is 0 Å². The SMILES string of the molecule is Cc1noc(COc2ccc(F)cc2CC(C)N)n1. The van der Waals surface area contributed by atoms with Gasteiger partial charge >= 0.3 is 0 Å². The molecule has 0 saturated heterocycles. The first kappa shape index (κ1) is 13.5. The van der Waals surface area contributed by atoms with Crippen LogP contribution in [0, 0.1) is 12.7 Å². The second-order valence-electron chi connectivity index (χ2n) is 4.46. The van der Waals surface area contributed by atoms with Crippen molar-refractivity contribution in [2.75, 3.05) is 0 Å². The monoisotopic (exact) mass is 265 g/mol. The van der Waals surface area contributed by atoms with Crippen molar-refractivity contribution in [2.24, 2.45) is 5.73 Å². The zero-order valence-electron chi connectivity index (χ0n) is 10.9. The summed E-state index contributed by atoms with van der Waals surface area (Å²) in [6.45, 7) is 3.74. The predicted octanol–water partition coefficient (Wildman–Crippen LogP) is 1.99. The number of hydrogen-bond acceptors (Lipinski definition) is 5. The summed E-state index contributed by atoms with van der Waals surface area (Å²) in [5.74, 6) is 1.20. The van der Waals surface area contributed by atoms with E-state index in [1.54, 1.807) is 13.0 Å². The highest BCUT2D eigenvalue weighted by Crippen LogP contribution is 2.22. The molecule has 0 aliphatic carbocycles. The van der Waals surface area contributed by atoms with Crippen LogP contribution in [0.5, 0.6) is 5.75 Å². The number of halogens is 1. The molecule has 1 heterocycles. The lowest BCUT2D eigenvalue weighted by atomic mass is 10.1. The molecule has 0 aliphatic rings. The minimum Gasteiger partial charge on any atom is -0.483 e. The Morgan fingerprint density at radius 2 is 2.26 bits per heavy atom. The Bertz CT molecular complexity index is 555. The molecular formula is C13H16FN3O2. The Hall–Kier alpha value is -1.95. The van der Waals surface area contributed by atoms with E-state index < -0.39 is 0 Å². The molecule has 1 atom stereocenters. The lowest BCUT2D eigenvalue weighted by Crippen LogP contribution is -2.18. The maximum Gasteiger partial charge on any atom is 0.264 e. The molecule has 1 aromatic heterocycles. The molecule has 0 fully saturated rings. The van der Waals surface area contributed by atoms with Gasteiger partial charge in [0.25, 0.3) is 5.89 Å². The topological polar surface area (TPSA) is 74.2 Å². The van der Waals surface area contributed by atoms with E-state index in [1.807, 2.05) is 6.92 Å². The molecule has 102 valence electrons. The van der Waals surface area contributed by atoms with Crippen molar-refractivity contribution in [1.82, 2.24) is 10.1 Å². The number of aryl methyl sites for hydroxylation is 1. The van der Waals surface area contributed by atoms with Crippen LogP contribution in [0.25, 0.3) is 0 Å². The summed E-state index contributed by atoms with van der Waals surface area (Å²) in [4.78, 5) is 4.03. The van der Waals surface area contributed by atoms with Crippen LogP contribution in [0.4, 0.5) is 4.39 Å². The molecule has 19 heavy (non-hydrogen) atoms. The largest absolute Gasteiger partial charge is 0.483 e. The third kappa shape index (κ3) is 3.75. The fraction of sp³-hybridized carbons (Fsp3) is 0.385. The van der Waals surface area contributed by atoms with E-state index in [2.05, 4.69) is 10.1 Å². The van der Waals surface area contributed by atoms with E-state index in [4.69, 9.17) is 15.0 Å². The number of rotatable bonds is 5. The maximum absolute atomic E-state index is 13.2. The summed E-state index contributed by atoms with van der Waals surface area (Å²) in [5, 5.41) is 3.67. The smallest absolute Gasteiger partial charge is 0.264 e. The van der Waals surface area contributed by atoms with Gasteiger partial charge in [-0.25, -0.2) is 4.39 Å². The van der Waals surface area contributed by atoms with E-state index in [0.29, 0.717) is 23.9 Å². The fourth-order valence-electron chi connectivity index (χ4n) is 1.73. The molecule has 1 unspecified atom stereocenters. The van der Waals surface area contributed by atoms with Gasteiger partial charge in [-0.1, -0.05) is 5.16 Å². The first-order valence-corrected chi connectivity index (χ1v) is 6.00. The van der Waals surface area contributed by atoms with Gasteiger partial charge in [0.1, 0.15) is 11.6 Å². The molecule has 6 heteroatoms. The van der Waals surface area contributed by atoms with Gasteiger partial charge in [-0.15, -0.1) is 0 Å². The van der Waals surface area contributed by atoms with Crippen LogP contribution < -0.4 is 10.5 Å². The van der Waals surface area contributed by atoms with Gasteiger partial charge in [-0.05, 0) is 44.0 Å².